The van der Waals surface area contributed by atoms with Gasteiger partial charge in [-0.3, -0.25) is 4.55 Å². The summed E-state index contributed by atoms with van der Waals surface area (Å²) in [7, 11) is -3.02. The number of nitrogens with zero attached hydrogens (tertiary/aromatic N) is 4. The molecule has 0 aliphatic heterocycles. The molecule has 0 amide bonds. The quantitative estimate of drug-likeness (QED) is 0.353. The molecule has 0 aliphatic rings. The van der Waals surface area contributed by atoms with Crippen molar-refractivity contribution in [3.63, 3.8) is 0 Å². The Morgan fingerprint density at radius 1 is 1.18 bits per heavy atom. The maximum absolute atomic E-state index is 11.9. The third-order valence-corrected chi connectivity index (χ3v) is 5.68. The molecule has 0 saturated carbocycles. The Morgan fingerprint density at radius 2 is 1.89 bits per heavy atom. The second kappa shape index (κ2) is 9.85. The van der Waals surface area contributed by atoms with Gasteiger partial charge in [0.2, 0.25) is 0 Å². The van der Waals surface area contributed by atoms with Crippen LogP contribution in [0.25, 0.3) is 0 Å². The molecule has 0 radical (unpaired) electrons. The van der Waals surface area contributed by atoms with E-state index < -0.39 is 10.1 Å². The standard InChI is InChI=1S/C18H24N4O4S2/c1-5-22(6-2)15-11-17(28(23,24)25)14(10-16(15)26-4)20-21-18-9-8-13(12-19-18)27-7-3/h8-12H,5-7H2,1-4H3,(H,23,24,25). The number of aromatic nitrogens is 1. The number of hydrogen-bond acceptors (Lipinski definition) is 8. The maximum Gasteiger partial charge on any atom is 0.296 e. The normalized spacial score (nSPS) is 11.8. The minimum absolute atomic E-state index is 0.0240. The lowest BCUT2D eigenvalue weighted by Crippen LogP contribution is -2.22. The van der Waals surface area contributed by atoms with Crippen molar-refractivity contribution in [2.75, 3.05) is 30.9 Å². The van der Waals surface area contributed by atoms with E-state index in [9.17, 15) is 13.0 Å². The Labute approximate surface area is 169 Å². The maximum atomic E-state index is 11.9. The number of benzene rings is 1. The molecule has 1 aromatic heterocycles. The monoisotopic (exact) mass is 424 g/mol. The first-order valence-corrected chi connectivity index (χ1v) is 11.2. The van der Waals surface area contributed by atoms with Crippen LogP contribution >= 0.6 is 11.8 Å². The predicted molar refractivity (Wildman–Crippen MR) is 111 cm³/mol. The minimum Gasteiger partial charge on any atom is -0.495 e. The van der Waals surface area contributed by atoms with E-state index in [0.717, 1.165) is 10.6 Å². The second-order valence-electron chi connectivity index (χ2n) is 5.62. The highest BCUT2D eigenvalue weighted by Gasteiger charge is 2.22. The molecule has 28 heavy (non-hydrogen) atoms. The van der Waals surface area contributed by atoms with E-state index in [1.54, 1.807) is 24.0 Å². The van der Waals surface area contributed by atoms with Crippen molar-refractivity contribution in [3.8, 4) is 5.75 Å². The van der Waals surface area contributed by atoms with Gasteiger partial charge in [0, 0.05) is 30.2 Å². The zero-order chi connectivity index (χ0) is 20.7. The highest BCUT2D eigenvalue weighted by molar-refractivity contribution is 7.99. The summed E-state index contributed by atoms with van der Waals surface area (Å²) in [4.78, 5) is 6.77. The van der Waals surface area contributed by atoms with Gasteiger partial charge in [0.15, 0.2) is 5.82 Å². The summed E-state index contributed by atoms with van der Waals surface area (Å²) < 4.78 is 38.9. The summed E-state index contributed by atoms with van der Waals surface area (Å²) >= 11 is 1.65. The summed E-state index contributed by atoms with van der Waals surface area (Å²) in [5, 5.41) is 8.00. The second-order valence-corrected chi connectivity index (χ2v) is 8.35. The Bertz CT molecular complexity index is 927. The predicted octanol–water partition coefficient (Wildman–Crippen LogP) is 4.71. The summed E-state index contributed by atoms with van der Waals surface area (Å²) in [6, 6.07) is 6.35. The van der Waals surface area contributed by atoms with Gasteiger partial charge in [0.25, 0.3) is 10.1 Å². The lowest BCUT2D eigenvalue weighted by molar-refractivity contribution is 0.414. The number of thioether (sulfide) groups is 1. The molecule has 2 rings (SSSR count). The summed E-state index contributed by atoms with van der Waals surface area (Å²) in [6.45, 7) is 7.21. The van der Waals surface area contributed by atoms with Gasteiger partial charge in [-0.05, 0) is 37.8 Å². The summed E-state index contributed by atoms with van der Waals surface area (Å²) in [5.41, 5.74) is 0.530. The van der Waals surface area contributed by atoms with Crippen LogP contribution in [0.15, 0.2) is 50.5 Å². The Hall–Kier alpha value is -2.17. The van der Waals surface area contributed by atoms with Crippen molar-refractivity contribution in [1.82, 2.24) is 4.98 Å². The first-order chi connectivity index (χ1) is 13.3. The van der Waals surface area contributed by atoms with E-state index in [1.807, 2.05) is 31.7 Å². The van der Waals surface area contributed by atoms with Crippen molar-refractivity contribution in [2.24, 2.45) is 10.2 Å². The molecule has 0 atom stereocenters. The van der Waals surface area contributed by atoms with Crippen LogP contribution in [0.5, 0.6) is 5.75 Å². The molecule has 0 unspecified atom stereocenters. The van der Waals surface area contributed by atoms with Gasteiger partial charge in [0.05, 0.1) is 12.8 Å². The first-order valence-electron chi connectivity index (χ1n) is 8.79. The smallest absolute Gasteiger partial charge is 0.296 e. The van der Waals surface area contributed by atoms with Crippen LogP contribution in [0.1, 0.15) is 20.8 Å². The van der Waals surface area contributed by atoms with Gasteiger partial charge in [0.1, 0.15) is 16.3 Å². The lowest BCUT2D eigenvalue weighted by atomic mass is 10.2. The largest absolute Gasteiger partial charge is 0.495 e. The van der Waals surface area contributed by atoms with Crippen LogP contribution in [0.2, 0.25) is 0 Å². The number of azo groups is 1. The van der Waals surface area contributed by atoms with Gasteiger partial charge >= 0.3 is 0 Å². The number of rotatable bonds is 9. The fourth-order valence-corrected chi connectivity index (χ4v) is 3.84. The first kappa shape index (κ1) is 22.1. The van der Waals surface area contributed by atoms with Crippen molar-refractivity contribution < 1.29 is 17.7 Å². The van der Waals surface area contributed by atoms with E-state index in [-0.39, 0.29) is 10.6 Å². The Balaban J connectivity index is 2.50. The van der Waals surface area contributed by atoms with E-state index in [1.165, 1.54) is 19.2 Å². The van der Waals surface area contributed by atoms with Crippen molar-refractivity contribution >= 4 is 39.1 Å². The molecular formula is C18H24N4O4S2. The minimum atomic E-state index is -4.51. The molecule has 0 fully saturated rings. The molecule has 1 heterocycles. The van der Waals surface area contributed by atoms with Gasteiger partial charge < -0.3 is 9.64 Å². The van der Waals surface area contributed by atoms with Crippen LogP contribution in [0.4, 0.5) is 17.2 Å². The van der Waals surface area contributed by atoms with E-state index in [2.05, 4.69) is 15.2 Å². The SMILES string of the molecule is CCSc1ccc(N=Nc2cc(OC)c(N(CC)CC)cc2S(=O)(=O)O)nc1. The highest BCUT2D eigenvalue weighted by Crippen LogP contribution is 2.38. The van der Waals surface area contributed by atoms with Gasteiger partial charge in [-0.15, -0.1) is 22.0 Å². The number of methoxy groups -OCH3 is 1. The molecule has 1 N–H and O–H groups in total. The number of hydrogen-bond donors (Lipinski definition) is 1. The Morgan fingerprint density at radius 3 is 2.39 bits per heavy atom. The molecule has 2 aromatic rings. The zero-order valence-corrected chi connectivity index (χ0v) is 17.9. The lowest BCUT2D eigenvalue weighted by Gasteiger charge is -2.24. The van der Waals surface area contributed by atoms with Crippen LogP contribution in [-0.4, -0.2) is 43.9 Å². The fraction of sp³-hybridized carbons (Fsp3) is 0.389. The third kappa shape index (κ3) is 5.43. The molecule has 1 aromatic carbocycles. The molecular weight excluding hydrogens is 400 g/mol. The molecule has 0 saturated heterocycles. The third-order valence-electron chi connectivity index (χ3n) is 3.93. The van der Waals surface area contributed by atoms with Crippen LogP contribution in [0, 0.1) is 0 Å². The van der Waals surface area contributed by atoms with Crippen LogP contribution in [-0.2, 0) is 10.1 Å². The molecule has 10 heteroatoms. The van der Waals surface area contributed by atoms with Crippen LogP contribution in [0.3, 0.4) is 0 Å². The molecule has 0 bridgehead atoms. The van der Waals surface area contributed by atoms with E-state index >= 15 is 0 Å². The molecule has 0 spiro atoms. The van der Waals surface area contributed by atoms with Gasteiger partial charge in [-0.1, -0.05) is 6.92 Å². The average Bonchev–Trinajstić information content (AvgIpc) is 2.68. The van der Waals surface area contributed by atoms with Gasteiger partial charge in [-0.2, -0.15) is 8.42 Å². The highest BCUT2D eigenvalue weighted by atomic mass is 32.2. The van der Waals surface area contributed by atoms with Gasteiger partial charge in [-0.25, -0.2) is 4.98 Å². The molecule has 8 nitrogen and oxygen atoms in total. The van der Waals surface area contributed by atoms with E-state index in [0.29, 0.717) is 30.3 Å². The number of ether oxygens (including phenoxy) is 1. The van der Waals surface area contributed by atoms with Crippen molar-refractivity contribution in [3.05, 3.63) is 30.5 Å². The number of anilines is 1. The van der Waals surface area contributed by atoms with Crippen molar-refractivity contribution in [1.29, 1.82) is 0 Å². The summed E-state index contributed by atoms with van der Waals surface area (Å²) in [5.74, 6) is 1.69. The summed E-state index contributed by atoms with van der Waals surface area (Å²) in [6.07, 6.45) is 1.68. The number of pyridine rings is 1. The fourth-order valence-electron chi connectivity index (χ4n) is 2.59. The average molecular weight is 425 g/mol. The molecule has 152 valence electrons. The van der Waals surface area contributed by atoms with Crippen molar-refractivity contribution in [2.45, 2.75) is 30.6 Å². The zero-order valence-electron chi connectivity index (χ0n) is 16.3. The Kier molecular flexibility index (Phi) is 7.78. The van der Waals surface area contributed by atoms with Crippen LogP contribution < -0.4 is 9.64 Å². The van der Waals surface area contributed by atoms with E-state index in [4.69, 9.17) is 4.74 Å². The topological polar surface area (TPSA) is 104 Å². The molecule has 0 aliphatic carbocycles.